The molecule has 0 heterocycles. The molecule has 0 amide bonds. The van der Waals surface area contributed by atoms with Crippen LogP contribution in [0.25, 0.3) is 0 Å². The Kier molecular flexibility index (Phi) is 6.59. The number of aryl methyl sites for hydroxylation is 1. The monoisotopic (exact) mass is 429 g/mol. The van der Waals surface area contributed by atoms with E-state index in [4.69, 9.17) is 16.3 Å². The van der Waals surface area contributed by atoms with E-state index in [0.29, 0.717) is 17.4 Å². The highest BCUT2D eigenvalue weighted by molar-refractivity contribution is 9.10. The zero-order valence-corrected chi connectivity index (χ0v) is 17.0. The van der Waals surface area contributed by atoms with Crippen molar-refractivity contribution >= 4 is 33.2 Å². The summed E-state index contributed by atoms with van der Waals surface area (Å²) < 4.78 is 6.89. The molecule has 0 aliphatic carbocycles. The molecule has 134 valence electrons. The van der Waals surface area contributed by atoms with E-state index in [-0.39, 0.29) is 0 Å². The molecule has 26 heavy (non-hydrogen) atoms. The van der Waals surface area contributed by atoms with Crippen LogP contribution in [0.5, 0.6) is 5.75 Å². The maximum absolute atomic E-state index is 6.38. The summed E-state index contributed by atoms with van der Waals surface area (Å²) in [7, 11) is 0. The second-order valence-corrected chi connectivity index (χ2v) is 7.41. The maximum atomic E-state index is 6.38. The summed E-state index contributed by atoms with van der Waals surface area (Å²) >= 11 is 9.81. The minimum absolute atomic E-state index is 0.494. The molecule has 3 rings (SSSR count). The molecule has 0 radical (unpaired) electrons. The standard InChI is InChI=1S/C22H21BrClNO/c1-2-16-5-10-20(11-6-16)25-14-18-7-12-22(21(24)13-18)26-15-17-3-8-19(23)9-4-17/h3-13,25H,2,14-15H2,1H3. The van der Waals surface area contributed by atoms with Crippen LogP contribution in [0, 0.1) is 0 Å². The highest BCUT2D eigenvalue weighted by atomic mass is 79.9. The lowest BCUT2D eigenvalue weighted by molar-refractivity contribution is 0.306. The van der Waals surface area contributed by atoms with E-state index < -0.39 is 0 Å². The molecular formula is C22H21BrClNO. The van der Waals surface area contributed by atoms with Gasteiger partial charge in [0.05, 0.1) is 5.02 Å². The van der Waals surface area contributed by atoms with E-state index in [1.807, 2.05) is 42.5 Å². The highest BCUT2D eigenvalue weighted by Crippen LogP contribution is 2.27. The number of hydrogen-bond donors (Lipinski definition) is 1. The lowest BCUT2D eigenvalue weighted by atomic mass is 10.1. The van der Waals surface area contributed by atoms with Gasteiger partial charge >= 0.3 is 0 Å². The van der Waals surface area contributed by atoms with Crippen molar-refractivity contribution in [3.05, 3.63) is 92.9 Å². The fourth-order valence-electron chi connectivity index (χ4n) is 2.58. The first-order valence-corrected chi connectivity index (χ1v) is 9.79. The van der Waals surface area contributed by atoms with Crippen molar-refractivity contribution in [2.45, 2.75) is 26.5 Å². The molecule has 0 aromatic heterocycles. The predicted molar refractivity (Wildman–Crippen MR) is 113 cm³/mol. The third-order valence-electron chi connectivity index (χ3n) is 4.16. The Labute approximate surface area is 168 Å². The van der Waals surface area contributed by atoms with Gasteiger partial charge in [0.25, 0.3) is 0 Å². The predicted octanol–water partition coefficient (Wildman–Crippen LogP) is 6.86. The molecule has 0 spiro atoms. The van der Waals surface area contributed by atoms with Gasteiger partial charge in [-0.25, -0.2) is 0 Å². The van der Waals surface area contributed by atoms with E-state index in [9.17, 15) is 0 Å². The molecule has 3 aromatic carbocycles. The van der Waals surface area contributed by atoms with E-state index in [1.54, 1.807) is 0 Å². The van der Waals surface area contributed by atoms with Gasteiger partial charge in [0.1, 0.15) is 12.4 Å². The lowest BCUT2D eigenvalue weighted by Crippen LogP contribution is -2.00. The molecule has 1 N–H and O–H groups in total. The highest BCUT2D eigenvalue weighted by Gasteiger charge is 2.04. The average molecular weight is 431 g/mol. The van der Waals surface area contributed by atoms with Crippen molar-refractivity contribution in [2.24, 2.45) is 0 Å². The minimum Gasteiger partial charge on any atom is -0.487 e. The van der Waals surface area contributed by atoms with Gasteiger partial charge in [0.2, 0.25) is 0 Å². The molecule has 0 saturated heterocycles. The van der Waals surface area contributed by atoms with Crippen molar-refractivity contribution in [3.8, 4) is 5.75 Å². The number of benzene rings is 3. The van der Waals surface area contributed by atoms with Crippen molar-refractivity contribution in [1.29, 1.82) is 0 Å². The Bertz CT molecular complexity index is 847. The summed E-state index contributed by atoms with van der Waals surface area (Å²) in [5.74, 6) is 0.700. The zero-order chi connectivity index (χ0) is 18.4. The molecule has 4 heteroatoms. The quantitative estimate of drug-likeness (QED) is 0.442. The normalized spacial score (nSPS) is 10.6. The first kappa shape index (κ1) is 18.8. The third-order valence-corrected chi connectivity index (χ3v) is 4.99. The minimum atomic E-state index is 0.494. The topological polar surface area (TPSA) is 21.3 Å². The number of anilines is 1. The summed E-state index contributed by atoms with van der Waals surface area (Å²) in [5.41, 5.74) is 4.66. The van der Waals surface area contributed by atoms with Crippen molar-refractivity contribution in [3.63, 3.8) is 0 Å². The van der Waals surface area contributed by atoms with Crippen LogP contribution in [-0.2, 0) is 19.6 Å². The molecule has 0 saturated carbocycles. The Morgan fingerprint density at radius 1 is 0.885 bits per heavy atom. The van der Waals surface area contributed by atoms with Gasteiger partial charge < -0.3 is 10.1 Å². The molecule has 0 aliphatic heterocycles. The van der Waals surface area contributed by atoms with E-state index >= 15 is 0 Å². The van der Waals surface area contributed by atoms with Crippen LogP contribution in [0.4, 0.5) is 5.69 Å². The van der Waals surface area contributed by atoms with Crippen molar-refractivity contribution < 1.29 is 4.74 Å². The number of rotatable bonds is 7. The second-order valence-electron chi connectivity index (χ2n) is 6.08. The number of halogens is 2. The summed E-state index contributed by atoms with van der Waals surface area (Å²) in [6.07, 6.45) is 1.05. The lowest BCUT2D eigenvalue weighted by Gasteiger charge is -2.11. The average Bonchev–Trinajstić information content (AvgIpc) is 2.67. The number of ether oxygens (including phenoxy) is 1. The molecule has 0 bridgehead atoms. The van der Waals surface area contributed by atoms with Crippen LogP contribution in [0.3, 0.4) is 0 Å². The zero-order valence-electron chi connectivity index (χ0n) is 14.6. The van der Waals surface area contributed by atoms with E-state index in [0.717, 1.165) is 34.3 Å². The molecule has 0 unspecified atom stereocenters. The van der Waals surface area contributed by atoms with Gasteiger partial charge in [-0.3, -0.25) is 0 Å². The van der Waals surface area contributed by atoms with Crippen molar-refractivity contribution in [1.82, 2.24) is 0 Å². The molecular weight excluding hydrogens is 410 g/mol. The van der Waals surface area contributed by atoms with Crippen LogP contribution < -0.4 is 10.1 Å². The summed E-state index contributed by atoms with van der Waals surface area (Å²) in [5, 5.41) is 4.05. The van der Waals surface area contributed by atoms with Crippen molar-refractivity contribution in [2.75, 3.05) is 5.32 Å². The number of nitrogens with one attached hydrogen (secondary N) is 1. The number of hydrogen-bond acceptors (Lipinski definition) is 2. The summed E-state index contributed by atoms with van der Waals surface area (Å²) in [6, 6.07) is 22.5. The first-order valence-electron chi connectivity index (χ1n) is 8.62. The van der Waals surface area contributed by atoms with Crippen LogP contribution >= 0.6 is 27.5 Å². The van der Waals surface area contributed by atoms with Crippen LogP contribution in [-0.4, -0.2) is 0 Å². The van der Waals surface area contributed by atoms with Crippen LogP contribution in [0.1, 0.15) is 23.6 Å². The smallest absolute Gasteiger partial charge is 0.138 e. The fraction of sp³-hybridized carbons (Fsp3) is 0.182. The first-order chi connectivity index (χ1) is 12.6. The second kappa shape index (κ2) is 9.11. The van der Waals surface area contributed by atoms with Crippen LogP contribution in [0.2, 0.25) is 5.02 Å². The Balaban J connectivity index is 1.57. The fourth-order valence-corrected chi connectivity index (χ4v) is 3.10. The van der Waals surface area contributed by atoms with E-state index in [1.165, 1.54) is 5.56 Å². The SMILES string of the molecule is CCc1ccc(NCc2ccc(OCc3ccc(Br)cc3)c(Cl)c2)cc1. The Morgan fingerprint density at radius 2 is 1.54 bits per heavy atom. The summed E-state index contributed by atoms with van der Waals surface area (Å²) in [4.78, 5) is 0. The van der Waals surface area contributed by atoms with Gasteiger partial charge in [0, 0.05) is 16.7 Å². The van der Waals surface area contributed by atoms with E-state index in [2.05, 4.69) is 52.4 Å². The molecule has 0 fully saturated rings. The molecule has 0 aliphatic rings. The Morgan fingerprint density at radius 3 is 2.19 bits per heavy atom. The molecule has 2 nitrogen and oxygen atoms in total. The maximum Gasteiger partial charge on any atom is 0.138 e. The van der Waals surface area contributed by atoms with Gasteiger partial charge in [-0.15, -0.1) is 0 Å². The largest absolute Gasteiger partial charge is 0.487 e. The van der Waals surface area contributed by atoms with Gasteiger partial charge in [-0.05, 0) is 59.5 Å². The molecule has 0 atom stereocenters. The van der Waals surface area contributed by atoms with Gasteiger partial charge in [0.15, 0.2) is 0 Å². The summed E-state index contributed by atoms with van der Waals surface area (Å²) in [6.45, 7) is 3.37. The Hall–Kier alpha value is -1.97. The van der Waals surface area contributed by atoms with Gasteiger partial charge in [-0.2, -0.15) is 0 Å². The molecule has 3 aromatic rings. The van der Waals surface area contributed by atoms with Crippen LogP contribution in [0.15, 0.2) is 71.2 Å². The third kappa shape index (κ3) is 5.26. The van der Waals surface area contributed by atoms with Gasteiger partial charge in [-0.1, -0.05) is 64.8 Å².